The van der Waals surface area contributed by atoms with Crippen molar-refractivity contribution < 1.29 is 9.59 Å². The van der Waals surface area contributed by atoms with E-state index < -0.39 is 0 Å². The molecule has 5 rings (SSSR count). The van der Waals surface area contributed by atoms with Crippen molar-refractivity contribution in [3.63, 3.8) is 0 Å². The zero-order valence-electron chi connectivity index (χ0n) is 19.9. The van der Waals surface area contributed by atoms with Crippen molar-refractivity contribution in [1.29, 1.82) is 0 Å². The zero-order valence-corrected chi connectivity index (χ0v) is 21.5. The number of fused-ring (bicyclic) bond motifs is 1. The van der Waals surface area contributed by atoms with Gasteiger partial charge in [-0.05, 0) is 80.4 Å². The minimum atomic E-state index is -0.173. The summed E-state index contributed by atoms with van der Waals surface area (Å²) in [4.78, 5) is 31.3. The third-order valence-electron chi connectivity index (χ3n) is 7.39. The van der Waals surface area contributed by atoms with E-state index in [0.29, 0.717) is 28.0 Å². The van der Waals surface area contributed by atoms with Crippen LogP contribution in [0, 0.1) is 5.92 Å². The van der Waals surface area contributed by atoms with Gasteiger partial charge in [-0.15, -0.1) is 11.3 Å². The van der Waals surface area contributed by atoms with E-state index in [4.69, 9.17) is 11.6 Å². The Labute approximate surface area is 216 Å². The van der Waals surface area contributed by atoms with Gasteiger partial charge in [0.15, 0.2) is 0 Å². The van der Waals surface area contributed by atoms with Crippen molar-refractivity contribution in [1.82, 2.24) is 10.2 Å². The van der Waals surface area contributed by atoms with E-state index in [-0.39, 0.29) is 18.4 Å². The van der Waals surface area contributed by atoms with Crippen molar-refractivity contribution in [2.75, 3.05) is 31.1 Å². The Kier molecular flexibility index (Phi) is 7.71. The quantitative estimate of drug-likeness (QED) is 0.426. The molecule has 0 radical (unpaired) electrons. The summed E-state index contributed by atoms with van der Waals surface area (Å²) in [7, 11) is 0. The molecule has 1 saturated heterocycles. The molecule has 0 bridgehead atoms. The number of anilines is 1. The molecule has 184 valence electrons. The molecule has 2 aliphatic rings. The molecule has 2 amide bonds. The van der Waals surface area contributed by atoms with Crippen molar-refractivity contribution in [3.8, 4) is 0 Å². The van der Waals surface area contributed by atoms with Crippen LogP contribution in [0.5, 0.6) is 0 Å². The fraction of sp³-hybridized carbons (Fsp3) is 0.429. The number of carbonyl (C=O) groups is 2. The van der Waals surface area contributed by atoms with Crippen LogP contribution in [-0.4, -0.2) is 48.9 Å². The number of piperidine rings is 1. The number of nitrogens with one attached hydrogen (secondary N) is 1. The summed E-state index contributed by atoms with van der Waals surface area (Å²) in [6.45, 7) is 2.94. The van der Waals surface area contributed by atoms with Gasteiger partial charge in [0.1, 0.15) is 6.54 Å². The van der Waals surface area contributed by atoms with Crippen LogP contribution in [0.2, 0.25) is 5.02 Å². The van der Waals surface area contributed by atoms with Crippen LogP contribution in [0.25, 0.3) is 10.1 Å². The SMILES string of the molecule is O=C(CN(C(=O)c1cc2ccc(Cl)cc2s1)c1ccccc1)NCC1CCN(C2CCCC2)CC1. The van der Waals surface area contributed by atoms with Gasteiger partial charge in [-0.25, -0.2) is 0 Å². The lowest BCUT2D eigenvalue weighted by molar-refractivity contribution is -0.120. The Bertz CT molecular complexity index is 1170. The minimum absolute atomic E-state index is 0.00122. The summed E-state index contributed by atoms with van der Waals surface area (Å²) >= 11 is 7.53. The molecule has 0 unspecified atom stereocenters. The number of rotatable bonds is 7. The molecule has 1 N–H and O–H groups in total. The molecule has 2 fully saturated rings. The Balaban J connectivity index is 1.21. The summed E-state index contributed by atoms with van der Waals surface area (Å²) in [6, 6.07) is 17.7. The highest BCUT2D eigenvalue weighted by Gasteiger charge is 2.28. The highest BCUT2D eigenvalue weighted by atomic mass is 35.5. The van der Waals surface area contributed by atoms with Gasteiger partial charge < -0.3 is 10.2 Å². The Morgan fingerprint density at radius 1 is 1.00 bits per heavy atom. The van der Waals surface area contributed by atoms with E-state index in [2.05, 4.69) is 10.2 Å². The van der Waals surface area contributed by atoms with Crippen molar-refractivity contribution in [2.45, 2.75) is 44.6 Å². The average Bonchev–Trinajstić information content (AvgIpc) is 3.57. The molecule has 7 heteroatoms. The summed E-state index contributed by atoms with van der Waals surface area (Å²) in [6.07, 6.45) is 7.68. The number of likely N-dealkylation sites (tertiary alicyclic amines) is 1. The number of carbonyl (C=O) groups excluding carboxylic acids is 2. The number of thiophene rings is 1. The number of para-hydroxylation sites is 1. The van der Waals surface area contributed by atoms with Crippen LogP contribution < -0.4 is 10.2 Å². The number of halogens is 1. The molecule has 1 saturated carbocycles. The third-order valence-corrected chi connectivity index (χ3v) is 8.71. The second-order valence-electron chi connectivity index (χ2n) is 9.74. The standard InChI is InChI=1S/C28H32ClN3O2S/c29-22-11-10-21-16-26(35-25(21)17-22)28(34)32(24-8-2-1-3-9-24)19-27(33)30-18-20-12-14-31(15-13-20)23-6-4-5-7-23/h1-3,8-11,16-17,20,23H,4-7,12-15,18-19H2,(H,30,33). The topological polar surface area (TPSA) is 52.7 Å². The molecule has 2 aromatic carbocycles. The van der Waals surface area contributed by atoms with Gasteiger partial charge in [0.05, 0.1) is 4.88 Å². The van der Waals surface area contributed by atoms with Crippen LogP contribution in [-0.2, 0) is 4.79 Å². The number of nitrogens with zero attached hydrogens (tertiary/aromatic N) is 2. The molecule has 1 aliphatic carbocycles. The number of benzene rings is 2. The monoisotopic (exact) mass is 509 g/mol. The van der Waals surface area contributed by atoms with Crippen molar-refractivity contribution in [3.05, 3.63) is 64.5 Å². The lowest BCUT2D eigenvalue weighted by Gasteiger charge is -2.36. The molecular weight excluding hydrogens is 478 g/mol. The molecule has 3 aromatic rings. The largest absolute Gasteiger partial charge is 0.354 e. The van der Waals surface area contributed by atoms with Gasteiger partial charge in [0.2, 0.25) is 5.91 Å². The number of hydrogen-bond acceptors (Lipinski definition) is 4. The second kappa shape index (κ2) is 11.1. The van der Waals surface area contributed by atoms with Gasteiger partial charge in [0.25, 0.3) is 5.91 Å². The van der Waals surface area contributed by atoms with Crippen LogP contribution in [0.15, 0.2) is 54.6 Å². The summed E-state index contributed by atoms with van der Waals surface area (Å²) in [5.41, 5.74) is 0.716. The van der Waals surface area contributed by atoms with Gasteiger partial charge in [-0.3, -0.25) is 14.5 Å². The van der Waals surface area contributed by atoms with E-state index in [1.165, 1.54) is 37.0 Å². The lowest BCUT2D eigenvalue weighted by Crippen LogP contribution is -2.45. The highest BCUT2D eigenvalue weighted by molar-refractivity contribution is 7.21. The van der Waals surface area contributed by atoms with E-state index in [1.54, 1.807) is 4.90 Å². The van der Waals surface area contributed by atoms with E-state index >= 15 is 0 Å². The molecule has 1 aromatic heterocycles. The summed E-state index contributed by atoms with van der Waals surface area (Å²) in [5.74, 6) is 0.211. The van der Waals surface area contributed by atoms with Crippen LogP contribution in [0.1, 0.15) is 48.2 Å². The lowest BCUT2D eigenvalue weighted by atomic mass is 9.95. The fourth-order valence-electron chi connectivity index (χ4n) is 5.38. The highest BCUT2D eigenvalue weighted by Crippen LogP contribution is 2.30. The molecule has 0 atom stereocenters. The normalized spacial score (nSPS) is 17.6. The maximum Gasteiger partial charge on any atom is 0.268 e. The first kappa shape index (κ1) is 24.3. The minimum Gasteiger partial charge on any atom is -0.354 e. The van der Waals surface area contributed by atoms with E-state index in [0.717, 1.165) is 42.1 Å². The molecular formula is C28H32ClN3O2S. The average molecular weight is 510 g/mol. The predicted octanol–water partition coefficient (Wildman–Crippen LogP) is 5.97. The Morgan fingerprint density at radius 3 is 2.49 bits per heavy atom. The van der Waals surface area contributed by atoms with Gasteiger partial charge in [-0.2, -0.15) is 0 Å². The van der Waals surface area contributed by atoms with Crippen molar-refractivity contribution >= 4 is 50.5 Å². The predicted molar refractivity (Wildman–Crippen MR) is 145 cm³/mol. The summed E-state index contributed by atoms with van der Waals surface area (Å²) in [5, 5.41) is 4.73. The Morgan fingerprint density at radius 2 is 1.74 bits per heavy atom. The smallest absolute Gasteiger partial charge is 0.268 e. The van der Waals surface area contributed by atoms with E-state index in [9.17, 15) is 9.59 Å². The van der Waals surface area contributed by atoms with Crippen LogP contribution in [0.3, 0.4) is 0 Å². The number of amides is 2. The van der Waals surface area contributed by atoms with E-state index in [1.807, 2.05) is 54.6 Å². The van der Waals surface area contributed by atoms with Gasteiger partial charge in [-0.1, -0.05) is 48.7 Å². The molecule has 35 heavy (non-hydrogen) atoms. The third kappa shape index (κ3) is 5.88. The van der Waals surface area contributed by atoms with Gasteiger partial charge in [0, 0.05) is 28.0 Å². The van der Waals surface area contributed by atoms with Crippen LogP contribution in [0.4, 0.5) is 5.69 Å². The fourth-order valence-corrected chi connectivity index (χ4v) is 6.67. The van der Waals surface area contributed by atoms with Gasteiger partial charge >= 0.3 is 0 Å². The second-order valence-corrected chi connectivity index (χ2v) is 11.3. The first-order valence-electron chi connectivity index (χ1n) is 12.6. The first-order valence-corrected chi connectivity index (χ1v) is 13.8. The van der Waals surface area contributed by atoms with Crippen molar-refractivity contribution in [2.24, 2.45) is 5.92 Å². The zero-order chi connectivity index (χ0) is 24.2. The number of hydrogen-bond donors (Lipinski definition) is 1. The molecule has 1 aliphatic heterocycles. The maximum absolute atomic E-state index is 13.5. The maximum atomic E-state index is 13.5. The van der Waals surface area contributed by atoms with Crippen LogP contribution >= 0.6 is 22.9 Å². The molecule has 0 spiro atoms. The first-order chi connectivity index (χ1) is 17.1. The summed E-state index contributed by atoms with van der Waals surface area (Å²) < 4.78 is 0.960. The Hall–Kier alpha value is -2.41. The molecule has 5 nitrogen and oxygen atoms in total. The molecule has 2 heterocycles.